The van der Waals surface area contributed by atoms with Crippen LogP contribution in [0.15, 0.2) is 30.5 Å². The van der Waals surface area contributed by atoms with Gasteiger partial charge in [-0.3, -0.25) is 4.98 Å². The van der Waals surface area contributed by atoms with Gasteiger partial charge >= 0.3 is 0 Å². The van der Waals surface area contributed by atoms with Gasteiger partial charge in [0.1, 0.15) is 0 Å². The third-order valence-corrected chi connectivity index (χ3v) is 3.72. The van der Waals surface area contributed by atoms with E-state index in [1.807, 2.05) is 24.3 Å². The molecule has 2 aromatic rings. The van der Waals surface area contributed by atoms with Crippen LogP contribution in [0.4, 0.5) is 11.4 Å². The first kappa shape index (κ1) is 12.2. The average molecular weight is 257 g/mol. The van der Waals surface area contributed by atoms with Crippen LogP contribution in [-0.4, -0.2) is 31.3 Å². The fourth-order valence-corrected chi connectivity index (χ4v) is 2.69. The summed E-state index contributed by atoms with van der Waals surface area (Å²) in [5.74, 6) is 0. The first-order valence-corrected chi connectivity index (χ1v) is 6.71. The van der Waals surface area contributed by atoms with Crippen molar-refractivity contribution in [2.24, 2.45) is 0 Å². The number of nitrogens with two attached hydrogens (primary N) is 1. The van der Waals surface area contributed by atoms with E-state index >= 15 is 0 Å². The van der Waals surface area contributed by atoms with Crippen LogP contribution in [-0.2, 0) is 4.74 Å². The average Bonchev–Trinajstić information content (AvgIpc) is 2.92. The second-order valence-electron chi connectivity index (χ2n) is 5.08. The van der Waals surface area contributed by atoms with Gasteiger partial charge < -0.3 is 15.4 Å². The molecule has 1 atom stereocenters. The zero-order valence-electron chi connectivity index (χ0n) is 11.2. The molecule has 2 N–H and O–H groups in total. The molecule has 1 aliphatic rings. The zero-order valence-corrected chi connectivity index (χ0v) is 11.2. The fourth-order valence-electron chi connectivity index (χ4n) is 2.69. The first-order chi connectivity index (χ1) is 9.25. The summed E-state index contributed by atoms with van der Waals surface area (Å²) < 4.78 is 5.68. The number of benzene rings is 1. The molecule has 4 nitrogen and oxygen atoms in total. The first-order valence-electron chi connectivity index (χ1n) is 6.71. The summed E-state index contributed by atoms with van der Waals surface area (Å²) in [5.41, 5.74) is 9.06. The van der Waals surface area contributed by atoms with Crippen molar-refractivity contribution in [3.8, 4) is 0 Å². The van der Waals surface area contributed by atoms with Crippen LogP contribution in [0.3, 0.4) is 0 Å². The van der Waals surface area contributed by atoms with Crippen LogP contribution in [0.1, 0.15) is 12.8 Å². The number of likely N-dealkylation sites (N-methyl/N-ethyl adjacent to an activating group) is 1. The van der Waals surface area contributed by atoms with Gasteiger partial charge in [-0.1, -0.05) is 0 Å². The lowest BCUT2D eigenvalue weighted by Gasteiger charge is -2.24. The summed E-state index contributed by atoms with van der Waals surface area (Å²) in [6, 6.07) is 8.00. The molecule has 1 aliphatic heterocycles. The van der Waals surface area contributed by atoms with Gasteiger partial charge in [-0.15, -0.1) is 0 Å². The summed E-state index contributed by atoms with van der Waals surface area (Å²) in [5, 5.41) is 1.01. The highest BCUT2D eigenvalue weighted by Crippen LogP contribution is 2.30. The second-order valence-corrected chi connectivity index (χ2v) is 5.08. The molecule has 1 aromatic heterocycles. The Balaban J connectivity index is 1.89. The molecule has 4 heteroatoms. The minimum absolute atomic E-state index is 0.328. The molecule has 1 aromatic carbocycles. The summed E-state index contributed by atoms with van der Waals surface area (Å²) in [7, 11) is 2.07. The van der Waals surface area contributed by atoms with Crippen molar-refractivity contribution < 1.29 is 4.74 Å². The normalized spacial score (nSPS) is 18.9. The van der Waals surface area contributed by atoms with E-state index in [1.165, 1.54) is 0 Å². The molecule has 0 aliphatic carbocycles. The SMILES string of the molecule is CN(CC1CCCO1)c1ccc2ncccc2c1N. The van der Waals surface area contributed by atoms with E-state index in [4.69, 9.17) is 10.5 Å². The van der Waals surface area contributed by atoms with E-state index in [0.717, 1.165) is 48.3 Å². The van der Waals surface area contributed by atoms with E-state index in [9.17, 15) is 0 Å². The van der Waals surface area contributed by atoms with Gasteiger partial charge in [0, 0.05) is 31.8 Å². The summed E-state index contributed by atoms with van der Waals surface area (Å²) in [6.45, 7) is 1.77. The molecule has 1 unspecified atom stereocenters. The van der Waals surface area contributed by atoms with Crippen molar-refractivity contribution in [1.82, 2.24) is 4.98 Å². The van der Waals surface area contributed by atoms with Gasteiger partial charge in [0.15, 0.2) is 0 Å². The molecule has 0 saturated carbocycles. The number of nitrogens with zero attached hydrogens (tertiary/aromatic N) is 2. The monoisotopic (exact) mass is 257 g/mol. The molecule has 1 fully saturated rings. The lowest BCUT2D eigenvalue weighted by molar-refractivity contribution is 0.116. The van der Waals surface area contributed by atoms with Crippen LogP contribution >= 0.6 is 0 Å². The van der Waals surface area contributed by atoms with Crippen LogP contribution in [0.2, 0.25) is 0 Å². The second kappa shape index (κ2) is 5.05. The molecule has 0 spiro atoms. The number of anilines is 2. The van der Waals surface area contributed by atoms with Crippen molar-refractivity contribution >= 4 is 22.3 Å². The molecular formula is C15H19N3O. The molecule has 3 rings (SSSR count). The number of ether oxygens (including phenoxy) is 1. The van der Waals surface area contributed by atoms with Crippen LogP contribution in [0.25, 0.3) is 10.9 Å². The topological polar surface area (TPSA) is 51.4 Å². The third-order valence-electron chi connectivity index (χ3n) is 3.72. The summed E-state index contributed by atoms with van der Waals surface area (Å²) in [4.78, 5) is 6.50. The highest BCUT2D eigenvalue weighted by molar-refractivity contribution is 5.97. The fraction of sp³-hybridized carbons (Fsp3) is 0.400. The molecule has 0 bridgehead atoms. The maximum atomic E-state index is 6.27. The number of hydrogen-bond donors (Lipinski definition) is 1. The lowest BCUT2D eigenvalue weighted by atomic mass is 10.1. The molecule has 19 heavy (non-hydrogen) atoms. The Morgan fingerprint density at radius 3 is 3.11 bits per heavy atom. The van der Waals surface area contributed by atoms with Gasteiger partial charge in [0.2, 0.25) is 0 Å². The smallest absolute Gasteiger partial charge is 0.0750 e. The third kappa shape index (κ3) is 2.36. The standard InChI is InChI=1S/C15H19N3O/c1-18(10-11-4-3-9-19-11)14-7-6-13-12(15(14)16)5-2-8-17-13/h2,5-8,11H,3-4,9-10,16H2,1H3. The summed E-state index contributed by atoms with van der Waals surface area (Å²) >= 11 is 0. The van der Waals surface area contributed by atoms with Crippen molar-refractivity contribution in [3.63, 3.8) is 0 Å². The minimum atomic E-state index is 0.328. The Bertz CT molecular complexity index is 579. The maximum absolute atomic E-state index is 6.27. The highest BCUT2D eigenvalue weighted by Gasteiger charge is 2.19. The number of aromatic nitrogens is 1. The van der Waals surface area contributed by atoms with Gasteiger partial charge in [0.25, 0.3) is 0 Å². The van der Waals surface area contributed by atoms with E-state index < -0.39 is 0 Å². The number of pyridine rings is 1. The van der Waals surface area contributed by atoms with Crippen LogP contribution in [0.5, 0.6) is 0 Å². The summed E-state index contributed by atoms with van der Waals surface area (Å²) in [6.07, 6.45) is 4.42. The molecule has 1 saturated heterocycles. The van der Waals surface area contributed by atoms with Crippen molar-refractivity contribution in [1.29, 1.82) is 0 Å². The maximum Gasteiger partial charge on any atom is 0.0750 e. The van der Waals surface area contributed by atoms with Crippen LogP contribution in [0, 0.1) is 0 Å². The van der Waals surface area contributed by atoms with E-state index in [1.54, 1.807) is 6.20 Å². The molecule has 0 amide bonds. The van der Waals surface area contributed by atoms with Crippen molar-refractivity contribution in [3.05, 3.63) is 30.5 Å². The number of hydrogen-bond acceptors (Lipinski definition) is 4. The Morgan fingerprint density at radius 2 is 2.32 bits per heavy atom. The van der Waals surface area contributed by atoms with Gasteiger partial charge in [-0.25, -0.2) is 0 Å². The minimum Gasteiger partial charge on any atom is -0.396 e. The predicted octanol–water partition coefficient (Wildman–Crippen LogP) is 2.43. The molecule has 2 heterocycles. The molecule has 100 valence electrons. The highest BCUT2D eigenvalue weighted by atomic mass is 16.5. The Morgan fingerprint density at radius 1 is 1.42 bits per heavy atom. The van der Waals surface area contributed by atoms with E-state index in [-0.39, 0.29) is 0 Å². The molecule has 0 radical (unpaired) electrons. The van der Waals surface area contributed by atoms with E-state index in [0.29, 0.717) is 6.10 Å². The van der Waals surface area contributed by atoms with Crippen molar-refractivity contribution in [2.45, 2.75) is 18.9 Å². The molecular weight excluding hydrogens is 238 g/mol. The Hall–Kier alpha value is -1.81. The Kier molecular flexibility index (Phi) is 3.25. The quantitative estimate of drug-likeness (QED) is 0.858. The number of rotatable bonds is 3. The number of fused-ring (bicyclic) bond motifs is 1. The number of nitrogen functional groups attached to an aromatic ring is 1. The largest absolute Gasteiger partial charge is 0.396 e. The zero-order chi connectivity index (χ0) is 13.2. The Labute approximate surface area is 113 Å². The van der Waals surface area contributed by atoms with Crippen LogP contribution < -0.4 is 10.6 Å². The lowest BCUT2D eigenvalue weighted by Crippen LogP contribution is -2.29. The predicted molar refractivity (Wildman–Crippen MR) is 78.4 cm³/mol. The van der Waals surface area contributed by atoms with Crippen molar-refractivity contribution in [2.75, 3.05) is 30.8 Å². The van der Waals surface area contributed by atoms with Gasteiger partial charge in [-0.05, 0) is 37.1 Å². The van der Waals surface area contributed by atoms with E-state index in [2.05, 4.69) is 16.9 Å². The van der Waals surface area contributed by atoms with Gasteiger partial charge in [-0.2, -0.15) is 0 Å². The van der Waals surface area contributed by atoms with Gasteiger partial charge in [0.05, 0.1) is 23.0 Å².